The molecule has 1 aromatic rings. The van der Waals surface area contributed by atoms with Gasteiger partial charge in [0.25, 0.3) is 0 Å². The SMILES string of the molecule is CCCN(CCC)S(=O)(=O)c1cc(CN)cc(F)c1F. The van der Waals surface area contributed by atoms with Crippen molar-refractivity contribution >= 4 is 10.0 Å². The van der Waals surface area contributed by atoms with Gasteiger partial charge in [-0.15, -0.1) is 0 Å². The number of sulfonamides is 1. The Bertz CT molecular complexity index is 556. The summed E-state index contributed by atoms with van der Waals surface area (Å²) in [5.74, 6) is -2.54. The molecule has 0 amide bonds. The quantitative estimate of drug-likeness (QED) is 0.840. The summed E-state index contributed by atoms with van der Waals surface area (Å²) in [5, 5.41) is 0. The zero-order chi connectivity index (χ0) is 15.3. The van der Waals surface area contributed by atoms with E-state index in [0.29, 0.717) is 12.8 Å². The van der Waals surface area contributed by atoms with Crippen LogP contribution in [0.25, 0.3) is 0 Å². The first kappa shape index (κ1) is 17.0. The molecule has 0 aliphatic heterocycles. The highest BCUT2D eigenvalue weighted by molar-refractivity contribution is 7.89. The van der Waals surface area contributed by atoms with E-state index in [1.165, 1.54) is 4.31 Å². The number of halogens is 2. The number of rotatable bonds is 7. The van der Waals surface area contributed by atoms with Gasteiger partial charge in [-0.05, 0) is 30.5 Å². The molecule has 4 nitrogen and oxygen atoms in total. The average Bonchev–Trinajstić information content (AvgIpc) is 2.41. The van der Waals surface area contributed by atoms with Crippen LogP contribution in [0.4, 0.5) is 8.78 Å². The van der Waals surface area contributed by atoms with Crippen LogP contribution in [0.5, 0.6) is 0 Å². The van der Waals surface area contributed by atoms with Crippen LogP contribution < -0.4 is 5.73 Å². The Labute approximate surface area is 118 Å². The van der Waals surface area contributed by atoms with E-state index in [4.69, 9.17) is 5.73 Å². The zero-order valence-corrected chi connectivity index (χ0v) is 12.5. The van der Waals surface area contributed by atoms with Gasteiger partial charge in [-0.1, -0.05) is 13.8 Å². The topological polar surface area (TPSA) is 63.4 Å². The molecule has 0 aliphatic rings. The lowest BCUT2D eigenvalue weighted by Crippen LogP contribution is -2.33. The van der Waals surface area contributed by atoms with E-state index in [1.54, 1.807) is 0 Å². The van der Waals surface area contributed by atoms with Gasteiger partial charge in [0, 0.05) is 19.6 Å². The van der Waals surface area contributed by atoms with Crippen molar-refractivity contribution in [2.75, 3.05) is 13.1 Å². The molecule has 0 radical (unpaired) electrons. The van der Waals surface area contributed by atoms with E-state index in [2.05, 4.69) is 0 Å². The van der Waals surface area contributed by atoms with Crippen LogP contribution in [0.2, 0.25) is 0 Å². The van der Waals surface area contributed by atoms with Crippen LogP contribution in [-0.4, -0.2) is 25.8 Å². The van der Waals surface area contributed by atoms with Crippen LogP contribution >= 0.6 is 0 Å². The van der Waals surface area contributed by atoms with Gasteiger partial charge < -0.3 is 5.73 Å². The summed E-state index contributed by atoms with van der Waals surface area (Å²) in [4.78, 5) is -0.639. The first-order valence-electron chi connectivity index (χ1n) is 6.56. The molecule has 0 aliphatic carbocycles. The fourth-order valence-corrected chi connectivity index (χ4v) is 3.66. The normalized spacial score (nSPS) is 12.1. The van der Waals surface area contributed by atoms with Crippen molar-refractivity contribution < 1.29 is 17.2 Å². The second-order valence-corrected chi connectivity index (χ2v) is 6.40. The Morgan fingerprint density at radius 1 is 1.15 bits per heavy atom. The van der Waals surface area contributed by atoms with E-state index in [0.717, 1.165) is 12.1 Å². The highest BCUT2D eigenvalue weighted by Gasteiger charge is 2.28. The van der Waals surface area contributed by atoms with E-state index >= 15 is 0 Å². The maximum atomic E-state index is 13.8. The van der Waals surface area contributed by atoms with E-state index < -0.39 is 26.6 Å². The summed E-state index contributed by atoms with van der Waals surface area (Å²) in [5.41, 5.74) is 5.62. The highest BCUT2D eigenvalue weighted by atomic mass is 32.2. The molecule has 0 unspecified atom stereocenters. The van der Waals surface area contributed by atoms with Crippen molar-refractivity contribution in [1.82, 2.24) is 4.31 Å². The molecule has 0 atom stereocenters. The molecular weight excluding hydrogens is 286 g/mol. The number of hydrogen-bond donors (Lipinski definition) is 1. The average molecular weight is 306 g/mol. The molecule has 114 valence electrons. The Kier molecular flexibility index (Phi) is 6.04. The molecule has 0 spiro atoms. The lowest BCUT2D eigenvalue weighted by Gasteiger charge is -2.21. The Hall–Kier alpha value is -1.05. The van der Waals surface area contributed by atoms with E-state index in [9.17, 15) is 17.2 Å². The number of nitrogens with two attached hydrogens (primary N) is 1. The Morgan fingerprint density at radius 3 is 2.15 bits per heavy atom. The Balaban J connectivity index is 3.36. The van der Waals surface area contributed by atoms with Gasteiger partial charge in [-0.25, -0.2) is 17.2 Å². The van der Waals surface area contributed by atoms with Crippen molar-refractivity contribution in [2.24, 2.45) is 5.73 Å². The summed E-state index contributed by atoms with van der Waals surface area (Å²) < 4.78 is 53.3. The molecular formula is C13H20F2N2O2S. The predicted octanol–water partition coefficient (Wildman–Crippen LogP) is 2.23. The van der Waals surface area contributed by atoms with Crippen LogP contribution in [0.1, 0.15) is 32.3 Å². The first-order valence-corrected chi connectivity index (χ1v) is 8.00. The van der Waals surface area contributed by atoms with Crippen molar-refractivity contribution in [1.29, 1.82) is 0 Å². The van der Waals surface area contributed by atoms with Crippen molar-refractivity contribution in [3.63, 3.8) is 0 Å². The van der Waals surface area contributed by atoms with Crippen molar-refractivity contribution in [2.45, 2.75) is 38.1 Å². The van der Waals surface area contributed by atoms with Gasteiger partial charge in [-0.2, -0.15) is 4.31 Å². The standard InChI is InChI=1S/C13H20F2N2O2S/c1-3-5-17(6-4-2)20(18,19)12-8-10(9-16)7-11(14)13(12)15/h7-8H,3-6,9,16H2,1-2H3. The third-order valence-corrected chi connectivity index (χ3v) is 4.75. The highest BCUT2D eigenvalue weighted by Crippen LogP contribution is 2.23. The molecule has 7 heteroatoms. The molecule has 1 rings (SSSR count). The minimum Gasteiger partial charge on any atom is -0.326 e. The predicted molar refractivity (Wildman–Crippen MR) is 73.6 cm³/mol. The molecule has 0 fully saturated rings. The lowest BCUT2D eigenvalue weighted by atomic mass is 10.2. The molecule has 0 saturated heterocycles. The summed E-state index contributed by atoms with van der Waals surface area (Å²) in [6.07, 6.45) is 1.19. The van der Waals surface area contributed by atoms with E-state index in [-0.39, 0.29) is 25.2 Å². The minimum atomic E-state index is -4.05. The third-order valence-electron chi connectivity index (χ3n) is 2.85. The molecule has 1 aromatic carbocycles. The molecule has 0 saturated carbocycles. The monoisotopic (exact) mass is 306 g/mol. The van der Waals surface area contributed by atoms with Crippen LogP contribution in [0, 0.1) is 11.6 Å². The van der Waals surface area contributed by atoms with Gasteiger partial charge in [-0.3, -0.25) is 0 Å². The third kappa shape index (κ3) is 3.53. The molecule has 0 heterocycles. The number of nitrogens with zero attached hydrogens (tertiary/aromatic N) is 1. The number of hydrogen-bond acceptors (Lipinski definition) is 3. The Morgan fingerprint density at radius 2 is 1.70 bits per heavy atom. The van der Waals surface area contributed by atoms with Crippen LogP contribution in [0.15, 0.2) is 17.0 Å². The molecule has 20 heavy (non-hydrogen) atoms. The lowest BCUT2D eigenvalue weighted by molar-refractivity contribution is 0.402. The van der Waals surface area contributed by atoms with Gasteiger partial charge in [0.2, 0.25) is 10.0 Å². The smallest absolute Gasteiger partial charge is 0.246 e. The van der Waals surface area contributed by atoms with Crippen molar-refractivity contribution in [3.05, 3.63) is 29.3 Å². The number of benzene rings is 1. The van der Waals surface area contributed by atoms with Crippen molar-refractivity contribution in [3.8, 4) is 0 Å². The van der Waals surface area contributed by atoms with Gasteiger partial charge in [0.05, 0.1) is 0 Å². The molecule has 0 bridgehead atoms. The summed E-state index contributed by atoms with van der Waals surface area (Å²) in [6.45, 7) is 4.13. The second-order valence-electron chi connectivity index (χ2n) is 4.50. The largest absolute Gasteiger partial charge is 0.326 e. The van der Waals surface area contributed by atoms with Gasteiger partial charge in [0.1, 0.15) is 4.90 Å². The zero-order valence-electron chi connectivity index (χ0n) is 11.7. The fraction of sp³-hybridized carbons (Fsp3) is 0.538. The minimum absolute atomic E-state index is 0.0543. The summed E-state index contributed by atoms with van der Waals surface area (Å²) in [6, 6.07) is 2.02. The fourth-order valence-electron chi connectivity index (χ4n) is 1.91. The summed E-state index contributed by atoms with van der Waals surface area (Å²) >= 11 is 0. The maximum Gasteiger partial charge on any atom is 0.246 e. The molecule has 2 N–H and O–H groups in total. The van der Waals surface area contributed by atoms with Crippen LogP contribution in [0.3, 0.4) is 0 Å². The van der Waals surface area contributed by atoms with Crippen LogP contribution in [-0.2, 0) is 16.6 Å². The van der Waals surface area contributed by atoms with E-state index in [1.807, 2.05) is 13.8 Å². The summed E-state index contributed by atoms with van der Waals surface area (Å²) in [7, 11) is -4.05. The first-order chi connectivity index (χ1) is 9.38. The second kappa shape index (κ2) is 7.10. The molecule has 0 aromatic heterocycles. The van der Waals surface area contributed by atoms with Gasteiger partial charge in [0.15, 0.2) is 11.6 Å². The maximum absolute atomic E-state index is 13.8. The van der Waals surface area contributed by atoms with Gasteiger partial charge >= 0.3 is 0 Å².